The molecule has 4 rings (SSSR count). The molecule has 0 aromatic heterocycles. The lowest BCUT2D eigenvalue weighted by Gasteiger charge is -2.22. The minimum absolute atomic E-state index is 0. The van der Waals surface area contributed by atoms with Gasteiger partial charge in [0.2, 0.25) is 0 Å². The summed E-state index contributed by atoms with van der Waals surface area (Å²) in [5.74, 6) is 4.23. The summed E-state index contributed by atoms with van der Waals surface area (Å²) in [5, 5.41) is 3.57. The molecule has 3 unspecified atom stereocenters. The smallest absolute Gasteiger partial charge is 0.193 e. The quantitative estimate of drug-likeness (QED) is 0.297. The highest BCUT2D eigenvalue weighted by atomic mass is 127. The average molecular weight is 455 g/mol. The number of benzene rings is 1. The highest BCUT2D eigenvalue weighted by Gasteiger charge is 2.54. The number of guanidine groups is 1. The molecule has 2 fully saturated rings. The van der Waals surface area contributed by atoms with E-state index in [9.17, 15) is 0 Å². The van der Waals surface area contributed by atoms with Crippen molar-refractivity contribution < 1.29 is 4.74 Å². The third-order valence-corrected chi connectivity index (χ3v) is 5.89. The second-order valence-corrected chi connectivity index (χ2v) is 7.62. The molecule has 2 saturated carbocycles. The summed E-state index contributed by atoms with van der Waals surface area (Å²) in [4.78, 5) is 6.61. The lowest BCUT2D eigenvalue weighted by Crippen LogP contribution is -2.41. The van der Waals surface area contributed by atoms with Gasteiger partial charge in [0.05, 0.1) is 6.61 Å². The van der Waals surface area contributed by atoms with Crippen LogP contribution in [0, 0.1) is 17.8 Å². The fourth-order valence-corrected chi connectivity index (χ4v) is 4.20. The zero-order valence-electron chi connectivity index (χ0n) is 15.3. The van der Waals surface area contributed by atoms with Crippen LogP contribution in [-0.4, -0.2) is 51.3 Å². The number of nitrogens with zero attached hydrogens (tertiary/aromatic N) is 2. The molecular weight excluding hydrogens is 425 g/mol. The van der Waals surface area contributed by atoms with Crippen LogP contribution in [0.3, 0.4) is 0 Å². The van der Waals surface area contributed by atoms with Crippen LogP contribution < -0.4 is 5.32 Å². The molecule has 4 nitrogen and oxygen atoms in total. The van der Waals surface area contributed by atoms with Gasteiger partial charge in [-0.05, 0) is 54.1 Å². The fourth-order valence-electron chi connectivity index (χ4n) is 4.20. The van der Waals surface area contributed by atoms with Gasteiger partial charge in [-0.1, -0.05) is 24.3 Å². The van der Waals surface area contributed by atoms with Crippen LogP contribution in [0.5, 0.6) is 0 Å². The molecule has 0 aliphatic heterocycles. The van der Waals surface area contributed by atoms with Crippen LogP contribution in [0.1, 0.15) is 29.9 Å². The number of nitrogens with one attached hydrogen (secondary N) is 1. The van der Waals surface area contributed by atoms with E-state index in [2.05, 4.69) is 46.5 Å². The minimum Gasteiger partial charge on any atom is -0.379 e. The Morgan fingerprint density at radius 3 is 2.88 bits per heavy atom. The van der Waals surface area contributed by atoms with Crippen LogP contribution in [-0.2, 0) is 11.2 Å². The normalized spacial score (nSPS) is 26.5. The van der Waals surface area contributed by atoms with Gasteiger partial charge < -0.3 is 15.0 Å². The maximum atomic E-state index is 5.74. The van der Waals surface area contributed by atoms with Gasteiger partial charge in [-0.15, -0.1) is 24.0 Å². The van der Waals surface area contributed by atoms with E-state index in [1.54, 1.807) is 11.1 Å². The van der Waals surface area contributed by atoms with Gasteiger partial charge >= 0.3 is 0 Å². The monoisotopic (exact) mass is 455 g/mol. The summed E-state index contributed by atoms with van der Waals surface area (Å²) in [5.41, 5.74) is 3.16. The van der Waals surface area contributed by atoms with Crippen molar-refractivity contribution in [1.82, 2.24) is 10.2 Å². The Bertz CT molecular complexity index is 617. The van der Waals surface area contributed by atoms with E-state index in [0.717, 1.165) is 55.9 Å². The van der Waals surface area contributed by atoms with Crippen molar-refractivity contribution in [3.05, 3.63) is 35.4 Å². The van der Waals surface area contributed by atoms with Crippen molar-refractivity contribution in [2.45, 2.75) is 25.2 Å². The molecule has 0 amide bonds. The van der Waals surface area contributed by atoms with Crippen molar-refractivity contribution in [1.29, 1.82) is 0 Å². The molecule has 1 N–H and O–H groups in total. The van der Waals surface area contributed by atoms with Gasteiger partial charge in [-0.25, -0.2) is 0 Å². The van der Waals surface area contributed by atoms with Crippen molar-refractivity contribution in [2.24, 2.45) is 22.7 Å². The summed E-state index contributed by atoms with van der Waals surface area (Å²) in [7, 11) is 3.96. The van der Waals surface area contributed by atoms with Gasteiger partial charge in [-0.3, -0.25) is 4.99 Å². The van der Waals surface area contributed by atoms with Crippen LogP contribution >= 0.6 is 24.0 Å². The van der Waals surface area contributed by atoms with Crippen LogP contribution in [0.25, 0.3) is 0 Å². The maximum absolute atomic E-state index is 5.74. The number of aliphatic imine (C=N–C) groups is 1. The topological polar surface area (TPSA) is 36.9 Å². The van der Waals surface area contributed by atoms with Crippen molar-refractivity contribution in [2.75, 3.05) is 40.4 Å². The predicted octanol–water partition coefficient (Wildman–Crippen LogP) is 3.12. The average Bonchev–Trinajstić information content (AvgIpc) is 3.50. The van der Waals surface area contributed by atoms with E-state index < -0.39 is 0 Å². The molecule has 1 aromatic carbocycles. The van der Waals surface area contributed by atoms with Crippen molar-refractivity contribution in [3.8, 4) is 0 Å². The SMILES string of the molecule is CN=C(NCC1C2Cc3ccccc3C12)N(C)CCOCC1CC1.I. The molecule has 0 spiro atoms. The molecule has 0 heterocycles. The first kappa shape index (κ1) is 19.0. The summed E-state index contributed by atoms with van der Waals surface area (Å²) < 4.78 is 5.74. The minimum atomic E-state index is 0. The van der Waals surface area contributed by atoms with E-state index >= 15 is 0 Å². The molecule has 138 valence electrons. The van der Waals surface area contributed by atoms with Crippen LogP contribution in [0.15, 0.2) is 29.3 Å². The van der Waals surface area contributed by atoms with E-state index in [0.29, 0.717) is 0 Å². The Morgan fingerprint density at radius 1 is 1.32 bits per heavy atom. The number of likely N-dealkylation sites (N-methyl/N-ethyl adjacent to an activating group) is 1. The Kier molecular flexibility index (Phi) is 6.25. The number of fused-ring (bicyclic) bond motifs is 3. The van der Waals surface area contributed by atoms with Crippen LogP contribution in [0.4, 0.5) is 0 Å². The Hall–Kier alpha value is -0.820. The largest absolute Gasteiger partial charge is 0.379 e. The Balaban J connectivity index is 0.00000182. The summed E-state index contributed by atoms with van der Waals surface area (Å²) in [6.45, 7) is 3.65. The summed E-state index contributed by atoms with van der Waals surface area (Å²) in [6.07, 6.45) is 3.97. The number of hydrogen-bond donors (Lipinski definition) is 1. The lowest BCUT2D eigenvalue weighted by atomic mass is 10.0. The molecule has 0 bridgehead atoms. The zero-order chi connectivity index (χ0) is 16.5. The van der Waals surface area contributed by atoms with E-state index in [-0.39, 0.29) is 24.0 Å². The van der Waals surface area contributed by atoms with Gasteiger partial charge in [0.1, 0.15) is 0 Å². The van der Waals surface area contributed by atoms with Gasteiger partial charge in [-0.2, -0.15) is 0 Å². The highest BCUT2D eigenvalue weighted by Crippen LogP contribution is 2.60. The number of rotatable bonds is 7. The summed E-state index contributed by atoms with van der Waals surface area (Å²) in [6, 6.07) is 8.95. The summed E-state index contributed by atoms with van der Waals surface area (Å²) >= 11 is 0. The maximum Gasteiger partial charge on any atom is 0.193 e. The molecule has 0 radical (unpaired) electrons. The third-order valence-electron chi connectivity index (χ3n) is 5.89. The van der Waals surface area contributed by atoms with Gasteiger partial charge in [0, 0.05) is 33.8 Å². The first-order valence-electron chi connectivity index (χ1n) is 9.35. The lowest BCUT2D eigenvalue weighted by molar-refractivity contribution is 0.115. The van der Waals surface area contributed by atoms with Crippen molar-refractivity contribution in [3.63, 3.8) is 0 Å². The van der Waals surface area contributed by atoms with Crippen molar-refractivity contribution >= 4 is 29.9 Å². The Labute approximate surface area is 168 Å². The first-order valence-corrected chi connectivity index (χ1v) is 9.35. The zero-order valence-corrected chi connectivity index (χ0v) is 17.6. The third kappa shape index (κ3) is 4.30. The fraction of sp³-hybridized carbons (Fsp3) is 0.650. The second-order valence-electron chi connectivity index (χ2n) is 7.62. The second kappa shape index (κ2) is 8.25. The molecule has 3 aliphatic rings. The molecule has 1 aromatic rings. The number of halogens is 1. The van der Waals surface area contributed by atoms with E-state index in [1.807, 2.05) is 7.05 Å². The first-order chi connectivity index (χ1) is 11.8. The van der Waals surface area contributed by atoms with Crippen LogP contribution in [0.2, 0.25) is 0 Å². The molecule has 3 aliphatic carbocycles. The highest BCUT2D eigenvalue weighted by molar-refractivity contribution is 14.0. The Morgan fingerprint density at radius 2 is 2.12 bits per heavy atom. The molecule has 25 heavy (non-hydrogen) atoms. The van der Waals surface area contributed by atoms with E-state index in [4.69, 9.17) is 4.74 Å². The standard InChI is InChI=1S/C20H29N3O.HI/c1-21-20(23(2)9-10-24-13-14-7-8-14)22-12-18-17-11-15-5-3-4-6-16(15)19(17)18;/h3-6,14,17-19H,7-13H2,1-2H3,(H,21,22);1H. The van der Waals surface area contributed by atoms with Gasteiger partial charge in [0.25, 0.3) is 0 Å². The van der Waals surface area contributed by atoms with Gasteiger partial charge in [0.15, 0.2) is 5.96 Å². The predicted molar refractivity (Wildman–Crippen MR) is 113 cm³/mol. The van der Waals surface area contributed by atoms with E-state index in [1.165, 1.54) is 19.3 Å². The molecule has 3 atom stereocenters. The molecule has 0 saturated heterocycles. The number of ether oxygens (including phenoxy) is 1. The molecular formula is C20H30IN3O. The molecule has 5 heteroatoms. The number of hydrogen-bond acceptors (Lipinski definition) is 2.